The van der Waals surface area contributed by atoms with Crippen molar-refractivity contribution < 1.29 is 31.1 Å². The fourth-order valence-corrected chi connectivity index (χ4v) is 6.98. The number of amidine groups is 1. The molecule has 3 aromatic rings. The van der Waals surface area contributed by atoms with Gasteiger partial charge in [-0.05, 0) is 59.7 Å². The average Bonchev–Trinajstić information content (AvgIpc) is 3.23. The standard InChI is InChI=1S/C22H19F3N2O4S3/c1-12-6-7-13(11-31-21(28)22(23,24)25)8-16(12)14-4-3-5-15(9-14)34(29,30)18-10-17(19(26)27)33-20(18)32-2/h3-10H,11H2,1-2H3,(H3,26,27). The number of rotatable bonds is 7. The van der Waals surface area contributed by atoms with E-state index in [2.05, 4.69) is 4.74 Å². The van der Waals surface area contributed by atoms with Gasteiger partial charge in [0.25, 0.3) is 0 Å². The van der Waals surface area contributed by atoms with E-state index in [1.54, 1.807) is 37.4 Å². The molecule has 6 nitrogen and oxygen atoms in total. The van der Waals surface area contributed by atoms with E-state index in [1.807, 2.05) is 0 Å². The quantitative estimate of drug-likeness (QED) is 0.190. The van der Waals surface area contributed by atoms with E-state index >= 15 is 0 Å². The summed E-state index contributed by atoms with van der Waals surface area (Å²) in [5.41, 5.74) is 7.70. The van der Waals surface area contributed by atoms with Gasteiger partial charge in [-0.15, -0.1) is 23.1 Å². The summed E-state index contributed by atoms with van der Waals surface area (Å²) in [6.07, 6.45) is -3.36. The summed E-state index contributed by atoms with van der Waals surface area (Å²) in [5.74, 6) is -2.51. The molecule has 180 valence electrons. The minimum absolute atomic E-state index is 0.0153. The molecule has 3 rings (SSSR count). The van der Waals surface area contributed by atoms with Crippen LogP contribution < -0.4 is 5.73 Å². The number of hydrogen-bond acceptors (Lipinski definition) is 7. The van der Waals surface area contributed by atoms with E-state index in [-0.39, 0.29) is 15.6 Å². The average molecular weight is 529 g/mol. The summed E-state index contributed by atoms with van der Waals surface area (Å²) in [5, 5.41) is 7.60. The number of thioether (sulfide) groups is 1. The normalized spacial score (nSPS) is 11.9. The predicted molar refractivity (Wildman–Crippen MR) is 125 cm³/mol. The van der Waals surface area contributed by atoms with E-state index < -0.39 is 28.6 Å². The minimum Gasteiger partial charge on any atom is -0.454 e. The highest BCUT2D eigenvalue weighted by Crippen LogP contribution is 2.38. The Hall–Kier alpha value is -2.83. The molecular weight excluding hydrogens is 509 g/mol. The summed E-state index contributed by atoms with van der Waals surface area (Å²) in [7, 11) is -3.94. The first-order valence-corrected chi connectivity index (χ1v) is 13.1. The number of carbonyl (C=O) groups is 1. The van der Waals surface area contributed by atoms with Crippen LogP contribution in [0, 0.1) is 12.3 Å². The van der Waals surface area contributed by atoms with Crippen molar-refractivity contribution in [2.75, 3.05) is 6.26 Å². The molecule has 0 atom stereocenters. The Morgan fingerprint density at radius 1 is 1.18 bits per heavy atom. The minimum atomic E-state index is -5.09. The fraction of sp³-hybridized carbons (Fsp3) is 0.182. The van der Waals surface area contributed by atoms with Crippen LogP contribution in [0.1, 0.15) is 16.0 Å². The van der Waals surface area contributed by atoms with Gasteiger partial charge in [0.2, 0.25) is 9.84 Å². The molecule has 0 saturated heterocycles. The maximum atomic E-state index is 13.4. The third-order valence-electron chi connectivity index (χ3n) is 4.77. The number of benzene rings is 2. The van der Waals surface area contributed by atoms with Crippen LogP contribution in [0.25, 0.3) is 11.1 Å². The highest BCUT2D eigenvalue weighted by Gasteiger charge is 2.40. The number of carbonyl (C=O) groups excluding carboxylic acids is 1. The lowest BCUT2D eigenvalue weighted by Crippen LogP contribution is -2.25. The molecule has 0 aliphatic carbocycles. The summed E-state index contributed by atoms with van der Waals surface area (Å²) >= 11 is 2.35. The lowest BCUT2D eigenvalue weighted by molar-refractivity contribution is -0.201. The fourth-order valence-electron chi connectivity index (χ4n) is 3.08. The molecule has 0 radical (unpaired) electrons. The predicted octanol–water partition coefficient (Wildman–Crippen LogP) is 5.17. The Bertz CT molecular complexity index is 1370. The van der Waals surface area contributed by atoms with Gasteiger partial charge in [0.15, 0.2) is 0 Å². The van der Waals surface area contributed by atoms with E-state index in [0.717, 1.165) is 16.9 Å². The topological polar surface area (TPSA) is 110 Å². The lowest BCUT2D eigenvalue weighted by Gasteiger charge is -2.12. The smallest absolute Gasteiger partial charge is 0.454 e. The maximum absolute atomic E-state index is 13.4. The molecule has 34 heavy (non-hydrogen) atoms. The number of halogens is 3. The molecule has 0 bridgehead atoms. The van der Waals surface area contributed by atoms with E-state index in [4.69, 9.17) is 11.1 Å². The molecule has 0 amide bonds. The number of ether oxygens (including phenoxy) is 1. The molecule has 2 aromatic carbocycles. The molecule has 0 fully saturated rings. The highest BCUT2D eigenvalue weighted by atomic mass is 32.2. The summed E-state index contributed by atoms with van der Waals surface area (Å²) in [4.78, 5) is 11.4. The summed E-state index contributed by atoms with van der Waals surface area (Å²) < 4.78 is 68.8. The van der Waals surface area contributed by atoms with Gasteiger partial charge in [-0.25, -0.2) is 13.2 Å². The Morgan fingerprint density at radius 3 is 2.50 bits per heavy atom. The number of thiophene rings is 1. The zero-order valence-corrected chi connectivity index (χ0v) is 20.3. The van der Waals surface area contributed by atoms with E-state index in [1.165, 1.54) is 36.0 Å². The first kappa shape index (κ1) is 25.8. The van der Waals surface area contributed by atoms with Crippen molar-refractivity contribution in [1.82, 2.24) is 0 Å². The van der Waals surface area contributed by atoms with Crippen LogP contribution in [0.5, 0.6) is 0 Å². The molecule has 12 heteroatoms. The second-order valence-corrected chi connectivity index (χ2v) is 11.2. The van der Waals surface area contributed by atoms with Gasteiger partial charge in [0.05, 0.1) is 18.9 Å². The number of esters is 1. The molecule has 0 unspecified atom stereocenters. The van der Waals surface area contributed by atoms with Crippen molar-refractivity contribution >= 4 is 44.7 Å². The Kier molecular flexibility index (Phi) is 7.44. The highest BCUT2D eigenvalue weighted by molar-refractivity contribution is 8.01. The SMILES string of the molecule is CSc1sc(C(=N)N)cc1S(=O)(=O)c1cccc(-c2cc(COC(=O)C(F)(F)F)ccc2C)c1. The third kappa shape index (κ3) is 5.45. The molecule has 1 heterocycles. The van der Waals surface area contributed by atoms with E-state index in [0.29, 0.717) is 25.8 Å². The van der Waals surface area contributed by atoms with Crippen LogP contribution in [0.4, 0.5) is 13.2 Å². The van der Waals surface area contributed by atoms with Crippen molar-refractivity contribution in [2.24, 2.45) is 5.73 Å². The second kappa shape index (κ2) is 9.80. The summed E-state index contributed by atoms with van der Waals surface area (Å²) in [6, 6.07) is 12.3. The number of sulfone groups is 1. The zero-order chi connectivity index (χ0) is 25.3. The number of nitrogens with one attached hydrogen (secondary N) is 1. The maximum Gasteiger partial charge on any atom is 0.490 e. The molecule has 0 saturated carbocycles. The van der Waals surface area contributed by atoms with Crippen molar-refractivity contribution in [3.8, 4) is 11.1 Å². The monoisotopic (exact) mass is 528 g/mol. The second-order valence-electron chi connectivity index (χ2n) is 7.13. The molecule has 0 aliphatic heterocycles. The number of hydrogen-bond donors (Lipinski definition) is 2. The first-order valence-electron chi connectivity index (χ1n) is 9.56. The third-order valence-corrected chi connectivity index (χ3v) is 9.10. The summed E-state index contributed by atoms with van der Waals surface area (Å²) in [6.45, 7) is 1.19. The number of alkyl halides is 3. The lowest BCUT2D eigenvalue weighted by atomic mass is 9.98. The number of nitrogen functional groups attached to an aromatic ring is 1. The van der Waals surface area contributed by atoms with Gasteiger partial charge in [0.1, 0.15) is 12.4 Å². The molecule has 3 N–H and O–H groups in total. The van der Waals surface area contributed by atoms with Gasteiger partial charge in [-0.2, -0.15) is 13.2 Å². The molecular formula is C22H19F3N2O4S3. The van der Waals surface area contributed by atoms with Gasteiger partial charge >= 0.3 is 12.1 Å². The van der Waals surface area contributed by atoms with Gasteiger partial charge in [-0.1, -0.05) is 24.3 Å². The Balaban J connectivity index is 1.99. The van der Waals surface area contributed by atoms with Crippen LogP contribution >= 0.6 is 23.1 Å². The molecule has 1 aromatic heterocycles. The van der Waals surface area contributed by atoms with Crippen LogP contribution in [0.15, 0.2) is 62.5 Å². The first-order chi connectivity index (χ1) is 15.8. The van der Waals surface area contributed by atoms with Crippen molar-refractivity contribution in [1.29, 1.82) is 5.41 Å². The van der Waals surface area contributed by atoms with Crippen LogP contribution in [-0.4, -0.2) is 32.7 Å². The Morgan fingerprint density at radius 2 is 1.88 bits per heavy atom. The van der Waals surface area contributed by atoms with Gasteiger partial charge in [0, 0.05) is 0 Å². The molecule has 0 aliphatic rings. The van der Waals surface area contributed by atoms with Gasteiger partial charge < -0.3 is 10.5 Å². The van der Waals surface area contributed by atoms with Gasteiger partial charge in [-0.3, -0.25) is 5.41 Å². The zero-order valence-electron chi connectivity index (χ0n) is 17.9. The number of aryl methyl sites for hydroxylation is 1. The van der Waals surface area contributed by atoms with Crippen molar-refractivity contribution in [2.45, 2.75) is 33.7 Å². The Labute approximate surface area is 202 Å². The van der Waals surface area contributed by atoms with Crippen LogP contribution in [-0.2, 0) is 26.0 Å². The molecule has 0 spiro atoms. The largest absolute Gasteiger partial charge is 0.490 e. The van der Waals surface area contributed by atoms with Crippen LogP contribution in [0.3, 0.4) is 0 Å². The van der Waals surface area contributed by atoms with E-state index in [9.17, 15) is 26.4 Å². The number of nitrogens with two attached hydrogens (primary N) is 1. The van der Waals surface area contributed by atoms with Crippen LogP contribution in [0.2, 0.25) is 0 Å². The van der Waals surface area contributed by atoms with Crippen molar-refractivity contribution in [3.63, 3.8) is 0 Å². The van der Waals surface area contributed by atoms with Crippen molar-refractivity contribution in [3.05, 3.63) is 64.5 Å².